The molecular weight excluding hydrogens is 409 g/mol. The highest BCUT2D eigenvalue weighted by Crippen LogP contribution is 2.29. The quantitative estimate of drug-likeness (QED) is 0.211. The van der Waals surface area contributed by atoms with Crippen LogP contribution in [0, 0.1) is 0 Å². The van der Waals surface area contributed by atoms with Gasteiger partial charge in [0.05, 0.1) is 11.3 Å². The van der Waals surface area contributed by atoms with E-state index in [0.717, 1.165) is 25.0 Å². The average Bonchev–Trinajstić information content (AvgIpc) is 2.68. The molecule has 4 N–H and O–H groups in total. The van der Waals surface area contributed by atoms with Crippen LogP contribution in [0.3, 0.4) is 0 Å². The topological polar surface area (TPSA) is 131 Å². The van der Waals surface area contributed by atoms with Gasteiger partial charge in [0, 0.05) is 32.4 Å². The lowest BCUT2D eigenvalue weighted by Crippen LogP contribution is -2.09. The fourth-order valence-electron chi connectivity index (χ4n) is 1.95. The number of halogens is 3. The van der Waals surface area contributed by atoms with Gasteiger partial charge in [0.2, 0.25) is 0 Å². The molecule has 168 valence electrons. The number of unbranched alkanes of at least 4 members (excludes halogenated alkanes) is 1. The average molecular weight is 434 g/mol. The molecule has 0 aliphatic carbocycles. The number of rotatable bonds is 11. The van der Waals surface area contributed by atoms with Crippen molar-refractivity contribution in [2.75, 3.05) is 26.9 Å². The van der Waals surface area contributed by atoms with E-state index in [1.807, 2.05) is 0 Å². The summed E-state index contributed by atoms with van der Waals surface area (Å²) in [6.07, 6.45) is -0.985. The Balaban J connectivity index is 0.000000890. The van der Waals surface area contributed by atoms with Gasteiger partial charge in [-0.1, -0.05) is 17.3 Å². The number of aliphatic carboxylic acids is 2. The molecule has 0 amide bonds. The minimum Gasteiger partial charge on any atom is -0.478 e. The summed E-state index contributed by atoms with van der Waals surface area (Å²) in [5.41, 5.74) is 5.87. The Morgan fingerprint density at radius 1 is 1.07 bits per heavy atom. The summed E-state index contributed by atoms with van der Waals surface area (Å²) >= 11 is 0. The number of carboxylic acids is 2. The molecule has 0 saturated heterocycles. The standard InChI is InChI=1S/C15H21F3N2O2.C4H4O4/c1-21-10-3-2-4-14(20-22-11-9-19)12-5-7-13(8-6-12)15(16,17)18;5-3(6)1-2-4(7)8/h5-8H,2-4,9-11,19H2,1H3;1-2H,(H,5,6)(H,7,8). The van der Waals surface area contributed by atoms with E-state index in [4.69, 9.17) is 25.5 Å². The first-order valence-electron chi connectivity index (χ1n) is 8.81. The lowest BCUT2D eigenvalue weighted by Gasteiger charge is -2.10. The van der Waals surface area contributed by atoms with Crippen LogP contribution in [0.2, 0.25) is 0 Å². The summed E-state index contributed by atoms with van der Waals surface area (Å²) in [6.45, 7) is 1.22. The van der Waals surface area contributed by atoms with Crippen molar-refractivity contribution in [3.8, 4) is 0 Å². The van der Waals surface area contributed by atoms with Crippen LogP contribution in [0.15, 0.2) is 41.6 Å². The Bertz CT molecular complexity index is 687. The number of carbonyl (C=O) groups is 2. The van der Waals surface area contributed by atoms with E-state index in [1.165, 1.54) is 12.1 Å². The fraction of sp³-hybridized carbons (Fsp3) is 0.421. The molecular formula is C19H25F3N2O6. The first-order valence-corrected chi connectivity index (χ1v) is 8.81. The molecule has 0 unspecified atom stereocenters. The van der Waals surface area contributed by atoms with Gasteiger partial charge in [-0.2, -0.15) is 13.2 Å². The summed E-state index contributed by atoms with van der Waals surface area (Å²) in [6, 6.07) is 4.90. The van der Waals surface area contributed by atoms with Crippen molar-refractivity contribution >= 4 is 17.7 Å². The summed E-state index contributed by atoms with van der Waals surface area (Å²) < 4.78 is 42.7. The van der Waals surface area contributed by atoms with E-state index in [-0.39, 0.29) is 6.61 Å². The molecule has 30 heavy (non-hydrogen) atoms. The molecule has 1 aromatic rings. The zero-order chi connectivity index (χ0) is 23.0. The third-order valence-corrected chi connectivity index (χ3v) is 3.31. The van der Waals surface area contributed by atoms with Crippen LogP contribution in [-0.2, 0) is 25.3 Å². The van der Waals surface area contributed by atoms with Crippen molar-refractivity contribution in [2.24, 2.45) is 10.9 Å². The number of alkyl halides is 3. The lowest BCUT2D eigenvalue weighted by atomic mass is 10.0. The highest BCUT2D eigenvalue weighted by molar-refractivity contribution is 6.00. The van der Waals surface area contributed by atoms with Gasteiger partial charge in [-0.3, -0.25) is 0 Å². The van der Waals surface area contributed by atoms with Crippen molar-refractivity contribution in [2.45, 2.75) is 25.4 Å². The Morgan fingerprint density at radius 3 is 2.07 bits per heavy atom. The molecule has 1 aromatic carbocycles. The number of hydrogen-bond donors (Lipinski definition) is 3. The highest BCUT2D eigenvalue weighted by Gasteiger charge is 2.30. The maximum absolute atomic E-state index is 12.6. The molecule has 0 aromatic heterocycles. The number of oxime groups is 1. The van der Waals surface area contributed by atoms with Gasteiger partial charge in [0.15, 0.2) is 0 Å². The van der Waals surface area contributed by atoms with Crippen LogP contribution in [0.25, 0.3) is 0 Å². The third kappa shape index (κ3) is 13.3. The highest BCUT2D eigenvalue weighted by atomic mass is 19.4. The van der Waals surface area contributed by atoms with Crippen molar-refractivity contribution in [3.05, 3.63) is 47.5 Å². The zero-order valence-electron chi connectivity index (χ0n) is 16.4. The van der Waals surface area contributed by atoms with Gasteiger partial charge >= 0.3 is 18.1 Å². The van der Waals surface area contributed by atoms with Gasteiger partial charge < -0.3 is 25.5 Å². The maximum Gasteiger partial charge on any atom is 0.416 e. The largest absolute Gasteiger partial charge is 0.478 e. The Hall–Kier alpha value is -2.92. The number of nitrogens with zero attached hydrogens (tertiary/aromatic N) is 1. The number of ether oxygens (including phenoxy) is 1. The van der Waals surface area contributed by atoms with E-state index >= 15 is 0 Å². The van der Waals surface area contributed by atoms with Crippen LogP contribution in [-0.4, -0.2) is 54.7 Å². The van der Waals surface area contributed by atoms with Crippen molar-refractivity contribution in [3.63, 3.8) is 0 Å². The molecule has 0 atom stereocenters. The number of carboxylic acid groups (broad SMARTS) is 2. The van der Waals surface area contributed by atoms with E-state index < -0.39 is 23.7 Å². The minimum atomic E-state index is -4.34. The second-order valence-electron chi connectivity index (χ2n) is 5.69. The van der Waals surface area contributed by atoms with Crippen LogP contribution in [0.5, 0.6) is 0 Å². The Morgan fingerprint density at radius 2 is 1.63 bits per heavy atom. The first-order chi connectivity index (χ1) is 14.1. The van der Waals surface area contributed by atoms with E-state index in [9.17, 15) is 22.8 Å². The van der Waals surface area contributed by atoms with Gasteiger partial charge in [-0.25, -0.2) is 9.59 Å². The minimum absolute atomic E-state index is 0.266. The normalized spacial score (nSPS) is 11.7. The van der Waals surface area contributed by atoms with Crippen molar-refractivity contribution in [1.29, 1.82) is 0 Å². The number of benzene rings is 1. The summed E-state index contributed by atoms with van der Waals surface area (Å²) in [5, 5.41) is 19.6. The molecule has 0 fully saturated rings. The lowest BCUT2D eigenvalue weighted by molar-refractivity contribution is -0.137. The maximum atomic E-state index is 12.6. The molecule has 8 nitrogen and oxygen atoms in total. The molecule has 0 aliphatic heterocycles. The van der Waals surface area contributed by atoms with Gasteiger partial charge in [0.25, 0.3) is 0 Å². The number of methoxy groups -OCH3 is 1. The molecule has 0 radical (unpaired) electrons. The molecule has 0 bridgehead atoms. The summed E-state index contributed by atoms with van der Waals surface area (Å²) in [5.74, 6) is -2.51. The van der Waals surface area contributed by atoms with Crippen molar-refractivity contribution < 1.29 is 42.5 Å². The SMILES string of the molecule is COCCCCC(=NOCCN)c1ccc(C(F)(F)F)cc1.O=C(O)C=CC(=O)O. The third-order valence-electron chi connectivity index (χ3n) is 3.31. The number of hydrogen-bond acceptors (Lipinski definition) is 6. The van der Waals surface area contributed by atoms with Crippen molar-refractivity contribution in [1.82, 2.24) is 0 Å². The molecule has 1 rings (SSSR count). The van der Waals surface area contributed by atoms with Crippen LogP contribution in [0.4, 0.5) is 13.2 Å². The molecule has 0 aliphatic rings. The van der Waals surface area contributed by atoms with Crippen LogP contribution in [0.1, 0.15) is 30.4 Å². The monoisotopic (exact) mass is 434 g/mol. The Labute approximate surface area is 171 Å². The fourth-order valence-corrected chi connectivity index (χ4v) is 1.95. The second-order valence-corrected chi connectivity index (χ2v) is 5.69. The van der Waals surface area contributed by atoms with E-state index in [1.54, 1.807) is 7.11 Å². The first kappa shape index (κ1) is 27.1. The van der Waals surface area contributed by atoms with Gasteiger partial charge in [-0.05, 0) is 37.0 Å². The summed E-state index contributed by atoms with van der Waals surface area (Å²) in [4.78, 5) is 24.2. The van der Waals surface area contributed by atoms with E-state index in [0.29, 0.717) is 43.0 Å². The molecule has 0 saturated carbocycles. The van der Waals surface area contributed by atoms with Crippen LogP contribution < -0.4 is 5.73 Å². The second kappa shape index (κ2) is 15.0. The molecule has 0 heterocycles. The zero-order valence-corrected chi connectivity index (χ0v) is 16.4. The summed E-state index contributed by atoms with van der Waals surface area (Å²) in [7, 11) is 1.62. The predicted molar refractivity (Wildman–Crippen MR) is 103 cm³/mol. The van der Waals surface area contributed by atoms with Crippen LogP contribution >= 0.6 is 0 Å². The predicted octanol–water partition coefficient (Wildman–Crippen LogP) is 2.91. The molecule has 11 heteroatoms. The number of nitrogens with two attached hydrogens (primary N) is 1. The van der Waals surface area contributed by atoms with Gasteiger partial charge in [0.1, 0.15) is 6.61 Å². The van der Waals surface area contributed by atoms with E-state index in [2.05, 4.69) is 5.16 Å². The smallest absolute Gasteiger partial charge is 0.416 e. The van der Waals surface area contributed by atoms with Gasteiger partial charge in [-0.15, -0.1) is 0 Å². The Kier molecular flexibility index (Phi) is 13.5. The molecule has 0 spiro atoms.